The molecule has 4 heteroatoms. The van der Waals surface area contributed by atoms with Gasteiger partial charge >= 0.3 is 176 Å². The van der Waals surface area contributed by atoms with Gasteiger partial charge in [0.25, 0.3) is 0 Å². The Morgan fingerprint density at radius 3 is 2.04 bits per heavy atom. The summed E-state index contributed by atoms with van der Waals surface area (Å²) >= 11 is 5.05. The van der Waals surface area contributed by atoms with E-state index in [9.17, 15) is 4.79 Å². The Morgan fingerprint density at radius 1 is 0.852 bits per heavy atom. The minimum absolute atomic E-state index is 0.0164. The molecule has 0 aliphatic carbocycles. The second-order valence-electron chi connectivity index (χ2n) is 6.41. The molecule has 0 saturated carbocycles. The Labute approximate surface area is 175 Å². The van der Waals surface area contributed by atoms with E-state index in [0.29, 0.717) is 14.3 Å². The van der Waals surface area contributed by atoms with Gasteiger partial charge in [0, 0.05) is 0 Å². The Kier molecular flexibility index (Phi) is 6.50. The fourth-order valence-electron chi connectivity index (χ4n) is 2.65. The van der Waals surface area contributed by atoms with E-state index in [1.54, 1.807) is 24.3 Å². The van der Waals surface area contributed by atoms with Crippen LogP contribution in [0.1, 0.15) is 27.0 Å². The van der Waals surface area contributed by atoms with Gasteiger partial charge in [-0.2, -0.15) is 0 Å². The molecule has 3 aromatic carbocycles. The van der Waals surface area contributed by atoms with E-state index >= 15 is 0 Å². The van der Waals surface area contributed by atoms with Gasteiger partial charge in [-0.1, -0.05) is 0 Å². The third kappa shape index (κ3) is 5.08. The van der Waals surface area contributed by atoms with Crippen LogP contribution in [0.2, 0.25) is 5.02 Å². The van der Waals surface area contributed by atoms with Crippen LogP contribution in [0.4, 0.5) is 5.69 Å². The SMILES string of the molecule is Cc1ccc([Te]C(=Nc2c(C)cccc2C)C(=O)c2ccc(Cl)cc2)cc1. The number of carbonyl (C=O) groups excluding carboxylic acids is 1. The predicted octanol–water partition coefficient (Wildman–Crippen LogP) is 5.21. The van der Waals surface area contributed by atoms with Crippen LogP contribution >= 0.6 is 11.6 Å². The third-order valence-electron chi connectivity index (χ3n) is 4.19. The van der Waals surface area contributed by atoms with Crippen molar-refractivity contribution in [3.63, 3.8) is 0 Å². The van der Waals surface area contributed by atoms with Gasteiger partial charge in [0.2, 0.25) is 0 Å². The molecule has 0 atom stereocenters. The quantitative estimate of drug-likeness (QED) is 0.275. The molecule has 2 nitrogen and oxygen atoms in total. The number of hydrogen-bond acceptors (Lipinski definition) is 2. The van der Waals surface area contributed by atoms with Crippen LogP contribution in [0.5, 0.6) is 0 Å². The van der Waals surface area contributed by atoms with Gasteiger partial charge in [-0.3, -0.25) is 0 Å². The Balaban J connectivity index is 2.05. The first-order valence-corrected chi connectivity index (χ1v) is 11.3. The van der Waals surface area contributed by atoms with E-state index < -0.39 is 20.9 Å². The third-order valence-corrected chi connectivity index (χ3v) is 7.23. The number of para-hydroxylation sites is 1. The number of carbonyl (C=O) groups is 1. The zero-order chi connectivity index (χ0) is 19.4. The zero-order valence-corrected chi connectivity index (χ0v) is 18.6. The molecule has 0 aliphatic heterocycles. The molecule has 0 aliphatic rings. The van der Waals surface area contributed by atoms with Crippen LogP contribution in [-0.4, -0.2) is 30.5 Å². The summed E-state index contributed by atoms with van der Waals surface area (Å²) in [6.07, 6.45) is 0. The number of aryl methyl sites for hydroxylation is 3. The Bertz CT molecular complexity index is 972. The molecule has 0 spiro atoms. The second kappa shape index (κ2) is 8.85. The van der Waals surface area contributed by atoms with Crippen molar-refractivity contribution in [2.75, 3.05) is 0 Å². The fraction of sp³-hybridized carbons (Fsp3) is 0.130. The molecular weight excluding hydrogens is 469 g/mol. The summed E-state index contributed by atoms with van der Waals surface area (Å²) in [6.45, 7) is 6.13. The van der Waals surface area contributed by atoms with Gasteiger partial charge < -0.3 is 0 Å². The molecule has 0 heterocycles. The van der Waals surface area contributed by atoms with Crippen molar-refractivity contribution in [3.05, 3.63) is 94.0 Å². The van der Waals surface area contributed by atoms with Gasteiger partial charge in [0.15, 0.2) is 0 Å². The van der Waals surface area contributed by atoms with Crippen LogP contribution in [0, 0.1) is 20.8 Å². The number of nitrogens with zero attached hydrogens (tertiary/aromatic N) is 1. The summed E-state index contributed by atoms with van der Waals surface area (Å²) in [7, 11) is 0. The Hall–Kier alpha value is -1.92. The molecule has 3 aromatic rings. The summed E-state index contributed by atoms with van der Waals surface area (Å²) in [5.41, 5.74) is 4.89. The normalized spacial score (nSPS) is 11.5. The molecular formula is C23H20ClNOTe. The number of ketones is 1. The number of hydrogen-bond donors (Lipinski definition) is 0. The van der Waals surface area contributed by atoms with E-state index in [-0.39, 0.29) is 5.78 Å². The number of aliphatic imine (C=N–C) groups is 1. The summed E-state index contributed by atoms with van der Waals surface area (Å²) in [5, 5.41) is 0.620. The Morgan fingerprint density at radius 2 is 1.44 bits per heavy atom. The van der Waals surface area contributed by atoms with Gasteiger partial charge in [0.05, 0.1) is 0 Å². The molecule has 3 rings (SSSR count). The first kappa shape index (κ1) is 19.8. The van der Waals surface area contributed by atoms with E-state index in [2.05, 4.69) is 31.2 Å². The summed E-state index contributed by atoms with van der Waals surface area (Å²) in [6, 6.07) is 21.5. The average Bonchev–Trinajstić information content (AvgIpc) is 2.65. The second-order valence-corrected chi connectivity index (χ2v) is 9.88. The van der Waals surface area contributed by atoms with Crippen LogP contribution in [0.3, 0.4) is 0 Å². The van der Waals surface area contributed by atoms with E-state index in [0.717, 1.165) is 16.8 Å². The average molecular weight is 489 g/mol. The maximum absolute atomic E-state index is 13.2. The molecule has 0 fully saturated rings. The van der Waals surface area contributed by atoms with E-state index in [1.165, 1.54) is 9.17 Å². The zero-order valence-electron chi connectivity index (χ0n) is 15.5. The van der Waals surface area contributed by atoms with Crippen LogP contribution < -0.4 is 3.61 Å². The monoisotopic (exact) mass is 491 g/mol. The first-order valence-electron chi connectivity index (χ1n) is 8.64. The number of halogens is 1. The van der Waals surface area contributed by atoms with E-state index in [1.807, 2.05) is 32.0 Å². The van der Waals surface area contributed by atoms with Crippen molar-refractivity contribution in [2.24, 2.45) is 4.99 Å². The molecule has 0 amide bonds. The van der Waals surface area contributed by atoms with Crippen LogP contribution in [0.25, 0.3) is 0 Å². The number of benzene rings is 3. The molecule has 0 aromatic heterocycles. The van der Waals surface area contributed by atoms with Crippen LogP contribution in [-0.2, 0) is 0 Å². The van der Waals surface area contributed by atoms with Crippen molar-refractivity contribution >= 4 is 51.4 Å². The summed E-state index contributed by atoms with van der Waals surface area (Å²) in [4.78, 5) is 18.1. The first-order chi connectivity index (χ1) is 12.9. The minimum atomic E-state index is -0.926. The topological polar surface area (TPSA) is 29.4 Å². The van der Waals surface area contributed by atoms with Gasteiger partial charge in [-0.25, -0.2) is 0 Å². The molecule has 136 valence electrons. The summed E-state index contributed by atoms with van der Waals surface area (Å²) < 4.78 is 1.85. The fourth-order valence-corrected chi connectivity index (χ4v) is 5.18. The standard InChI is InChI=1S/C23H20ClNOTe/c1-15-7-13-20(14-8-15)27-23(22(26)18-9-11-19(24)12-10-18)25-21-16(2)5-4-6-17(21)3/h4-14H,1-3H3. The van der Waals surface area contributed by atoms with Gasteiger partial charge in [-0.05, 0) is 0 Å². The maximum atomic E-state index is 13.2. The molecule has 0 radical (unpaired) electrons. The summed E-state index contributed by atoms with van der Waals surface area (Å²) in [5.74, 6) is -0.0164. The van der Waals surface area contributed by atoms with Gasteiger partial charge in [0.1, 0.15) is 0 Å². The van der Waals surface area contributed by atoms with Crippen molar-refractivity contribution in [3.8, 4) is 0 Å². The van der Waals surface area contributed by atoms with Crippen LogP contribution in [0.15, 0.2) is 71.7 Å². The molecule has 0 saturated heterocycles. The number of Topliss-reactive ketones (excluding diaryl/α,β-unsaturated/α-hetero) is 1. The van der Waals surface area contributed by atoms with Crippen molar-refractivity contribution in [2.45, 2.75) is 20.8 Å². The molecule has 27 heavy (non-hydrogen) atoms. The van der Waals surface area contributed by atoms with E-state index in [4.69, 9.17) is 16.6 Å². The number of rotatable bonds is 5. The molecule has 0 bridgehead atoms. The van der Waals surface area contributed by atoms with Crippen molar-refractivity contribution < 1.29 is 4.79 Å². The van der Waals surface area contributed by atoms with Gasteiger partial charge in [-0.15, -0.1) is 0 Å². The van der Waals surface area contributed by atoms with Crippen molar-refractivity contribution in [1.82, 2.24) is 0 Å². The predicted molar refractivity (Wildman–Crippen MR) is 115 cm³/mol. The molecule has 0 N–H and O–H groups in total. The molecule has 0 unspecified atom stereocenters. The van der Waals surface area contributed by atoms with Crippen molar-refractivity contribution in [1.29, 1.82) is 0 Å².